The van der Waals surface area contributed by atoms with Gasteiger partial charge >= 0.3 is 11.9 Å². The molecule has 0 atom stereocenters. The van der Waals surface area contributed by atoms with Gasteiger partial charge in [-0.25, -0.2) is 14.6 Å². The first-order valence-electron chi connectivity index (χ1n) is 10.0. The van der Waals surface area contributed by atoms with Gasteiger partial charge in [0.05, 0.1) is 5.69 Å². The number of esters is 2. The second-order valence-corrected chi connectivity index (χ2v) is 9.17. The lowest BCUT2D eigenvalue weighted by Crippen LogP contribution is -2.56. The molecule has 0 aliphatic carbocycles. The number of aromatic nitrogens is 1. The van der Waals surface area contributed by atoms with Crippen molar-refractivity contribution in [3.05, 3.63) is 48.2 Å². The number of rotatable bonds is 6. The zero-order valence-corrected chi connectivity index (χ0v) is 19.2. The molecule has 8 heteroatoms. The van der Waals surface area contributed by atoms with Gasteiger partial charge in [-0.15, -0.1) is 0 Å². The minimum Gasteiger partial charge on any atom is -0.458 e. The largest absolute Gasteiger partial charge is 0.458 e. The summed E-state index contributed by atoms with van der Waals surface area (Å²) in [5.41, 5.74) is 4.23. The molecular weight excluding hydrogens is 396 g/mol. The molecule has 168 valence electrons. The van der Waals surface area contributed by atoms with Crippen LogP contribution in [-0.2, 0) is 24.6 Å². The van der Waals surface area contributed by atoms with Gasteiger partial charge in [-0.2, -0.15) is 0 Å². The average Bonchev–Trinajstić information content (AvgIpc) is 2.65. The van der Waals surface area contributed by atoms with Crippen LogP contribution in [0, 0.1) is 0 Å². The molecule has 0 amide bonds. The van der Waals surface area contributed by atoms with Gasteiger partial charge in [0.2, 0.25) is 5.54 Å². The third-order valence-corrected chi connectivity index (χ3v) is 4.10. The van der Waals surface area contributed by atoms with Gasteiger partial charge < -0.3 is 25.8 Å². The molecule has 2 aromatic rings. The Hall–Kier alpha value is -3.13. The van der Waals surface area contributed by atoms with Gasteiger partial charge in [-0.3, -0.25) is 0 Å². The van der Waals surface area contributed by atoms with E-state index in [1.807, 2.05) is 12.1 Å². The minimum absolute atomic E-state index is 0.239. The first-order valence-corrected chi connectivity index (χ1v) is 10.0. The normalized spacial score (nSPS) is 12.1. The van der Waals surface area contributed by atoms with Crippen molar-refractivity contribution in [2.75, 3.05) is 17.7 Å². The molecule has 31 heavy (non-hydrogen) atoms. The van der Waals surface area contributed by atoms with Crippen molar-refractivity contribution < 1.29 is 19.1 Å². The van der Waals surface area contributed by atoms with E-state index in [1.54, 1.807) is 79.1 Å². The number of hydrogen-bond donors (Lipinski definition) is 3. The molecule has 0 saturated heterocycles. The Balaban J connectivity index is 2.50. The Morgan fingerprint density at radius 2 is 1.52 bits per heavy atom. The van der Waals surface area contributed by atoms with Crippen molar-refractivity contribution in [2.24, 2.45) is 5.73 Å². The summed E-state index contributed by atoms with van der Waals surface area (Å²) in [6, 6.07) is 10.4. The van der Waals surface area contributed by atoms with Crippen LogP contribution in [0.25, 0.3) is 0 Å². The number of nitrogens with zero attached hydrogens (tertiary/aromatic N) is 1. The van der Waals surface area contributed by atoms with Gasteiger partial charge in [0, 0.05) is 18.9 Å². The molecule has 1 aromatic carbocycles. The van der Waals surface area contributed by atoms with E-state index in [0.29, 0.717) is 11.5 Å². The maximum atomic E-state index is 13.1. The van der Waals surface area contributed by atoms with Crippen LogP contribution < -0.4 is 16.4 Å². The SMILES string of the molecule is CNc1cccnc1Nc1cccc(C(N)(C(=O)OC(C)(C)C)C(=O)OC(C)(C)C)c1. The van der Waals surface area contributed by atoms with E-state index in [2.05, 4.69) is 15.6 Å². The molecule has 0 aliphatic heterocycles. The predicted molar refractivity (Wildman–Crippen MR) is 121 cm³/mol. The lowest BCUT2D eigenvalue weighted by molar-refractivity contribution is -0.177. The first kappa shape index (κ1) is 24.1. The summed E-state index contributed by atoms with van der Waals surface area (Å²) >= 11 is 0. The van der Waals surface area contributed by atoms with Gasteiger partial charge in [0.15, 0.2) is 5.82 Å². The highest BCUT2D eigenvalue weighted by molar-refractivity contribution is 6.06. The lowest BCUT2D eigenvalue weighted by atomic mass is 9.90. The summed E-state index contributed by atoms with van der Waals surface area (Å²) in [4.78, 5) is 30.5. The predicted octanol–water partition coefficient (Wildman–Crippen LogP) is 3.70. The summed E-state index contributed by atoms with van der Waals surface area (Å²) in [5, 5.41) is 6.23. The van der Waals surface area contributed by atoms with Gasteiger partial charge in [-0.05, 0) is 71.4 Å². The highest BCUT2D eigenvalue weighted by Crippen LogP contribution is 2.30. The third-order valence-electron chi connectivity index (χ3n) is 4.10. The second-order valence-electron chi connectivity index (χ2n) is 9.17. The summed E-state index contributed by atoms with van der Waals surface area (Å²) < 4.78 is 11.0. The molecule has 0 saturated carbocycles. The molecule has 8 nitrogen and oxygen atoms in total. The number of benzene rings is 1. The number of carbonyl (C=O) groups is 2. The Kier molecular flexibility index (Phi) is 6.96. The summed E-state index contributed by atoms with van der Waals surface area (Å²) in [6.45, 7) is 10.2. The van der Waals surface area contributed by atoms with Crippen LogP contribution in [0.3, 0.4) is 0 Å². The fraction of sp³-hybridized carbons (Fsp3) is 0.435. The molecule has 0 unspecified atom stereocenters. The van der Waals surface area contributed by atoms with E-state index < -0.39 is 28.7 Å². The van der Waals surface area contributed by atoms with Crippen LogP contribution in [0.2, 0.25) is 0 Å². The van der Waals surface area contributed by atoms with Gasteiger partial charge in [0.25, 0.3) is 0 Å². The molecule has 0 fully saturated rings. The Morgan fingerprint density at radius 1 is 0.935 bits per heavy atom. The van der Waals surface area contributed by atoms with Crippen molar-refractivity contribution in [3.63, 3.8) is 0 Å². The summed E-state index contributed by atoms with van der Waals surface area (Å²) in [6.07, 6.45) is 1.65. The molecule has 0 spiro atoms. The zero-order chi connectivity index (χ0) is 23.4. The molecule has 0 radical (unpaired) electrons. The fourth-order valence-electron chi connectivity index (χ4n) is 2.72. The van der Waals surface area contributed by atoms with E-state index in [1.165, 1.54) is 0 Å². The van der Waals surface area contributed by atoms with Crippen LogP contribution >= 0.6 is 0 Å². The van der Waals surface area contributed by atoms with Crippen molar-refractivity contribution >= 4 is 29.1 Å². The molecule has 1 heterocycles. The molecule has 0 aliphatic rings. The standard InChI is InChI=1S/C23H32N4O4/c1-21(2,3)30-19(28)23(24,20(29)31-22(4,5)6)15-10-8-11-16(14-15)27-18-17(25-7)12-9-13-26-18/h8-14,25H,24H2,1-7H3,(H,26,27). The topological polar surface area (TPSA) is 116 Å². The molecule has 2 rings (SSSR count). The van der Waals surface area contributed by atoms with E-state index in [4.69, 9.17) is 15.2 Å². The molecular formula is C23H32N4O4. The Labute approximate surface area is 183 Å². The number of ether oxygens (including phenoxy) is 2. The van der Waals surface area contributed by atoms with E-state index in [-0.39, 0.29) is 5.56 Å². The monoisotopic (exact) mass is 428 g/mol. The maximum Gasteiger partial charge on any atom is 0.343 e. The maximum absolute atomic E-state index is 13.1. The number of nitrogens with one attached hydrogen (secondary N) is 2. The number of carbonyl (C=O) groups excluding carboxylic acids is 2. The highest BCUT2D eigenvalue weighted by atomic mass is 16.6. The molecule has 4 N–H and O–H groups in total. The summed E-state index contributed by atoms with van der Waals surface area (Å²) in [7, 11) is 1.79. The number of nitrogens with two attached hydrogens (primary N) is 1. The molecule has 0 bridgehead atoms. The van der Waals surface area contributed by atoms with Crippen molar-refractivity contribution in [2.45, 2.75) is 58.3 Å². The lowest BCUT2D eigenvalue weighted by Gasteiger charge is -2.32. The Bertz CT molecular complexity index is 917. The average molecular weight is 429 g/mol. The Morgan fingerprint density at radius 3 is 2.03 bits per heavy atom. The van der Waals surface area contributed by atoms with E-state index >= 15 is 0 Å². The first-order chi connectivity index (χ1) is 14.3. The highest BCUT2D eigenvalue weighted by Gasteiger charge is 2.49. The van der Waals surface area contributed by atoms with E-state index in [9.17, 15) is 9.59 Å². The van der Waals surface area contributed by atoms with Crippen molar-refractivity contribution in [1.82, 2.24) is 4.98 Å². The fourth-order valence-corrected chi connectivity index (χ4v) is 2.72. The van der Waals surface area contributed by atoms with Crippen LogP contribution in [0.15, 0.2) is 42.6 Å². The van der Waals surface area contributed by atoms with Crippen LogP contribution in [0.5, 0.6) is 0 Å². The van der Waals surface area contributed by atoms with Crippen molar-refractivity contribution in [1.29, 1.82) is 0 Å². The zero-order valence-electron chi connectivity index (χ0n) is 19.2. The third kappa shape index (κ3) is 6.18. The van der Waals surface area contributed by atoms with Gasteiger partial charge in [-0.1, -0.05) is 12.1 Å². The smallest absolute Gasteiger partial charge is 0.343 e. The second kappa shape index (κ2) is 8.93. The van der Waals surface area contributed by atoms with E-state index in [0.717, 1.165) is 5.69 Å². The van der Waals surface area contributed by atoms with Crippen LogP contribution in [-0.4, -0.2) is 35.2 Å². The number of hydrogen-bond acceptors (Lipinski definition) is 8. The number of anilines is 3. The number of pyridine rings is 1. The van der Waals surface area contributed by atoms with Crippen LogP contribution in [0.1, 0.15) is 47.1 Å². The minimum atomic E-state index is -2.14. The van der Waals surface area contributed by atoms with Gasteiger partial charge in [0.1, 0.15) is 11.2 Å². The van der Waals surface area contributed by atoms with Crippen molar-refractivity contribution in [3.8, 4) is 0 Å². The summed E-state index contributed by atoms with van der Waals surface area (Å²) in [5.74, 6) is -1.19. The quantitative estimate of drug-likeness (QED) is 0.471. The van der Waals surface area contributed by atoms with Crippen LogP contribution in [0.4, 0.5) is 17.2 Å². The molecule has 1 aromatic heterocycles.